The zero-order valence-corrected chi connectivity index (χ0v) is 22.8. The maximum atomic E-state index is 13.2. The molecular formula is C30H29NO7S. The molecule has 0 fully saturated rings. The van der Waals surface area contributed by atoms with E-state index in [-0.39, 0.29) is 18.6 Å². The molecule has 2 aromatic carbocycles. The van der Waals surface area contributed by atoms with Gasteiger partial charge < -0.3 is 23.9 Å². The fourth-order valence-electron chi connectivity index (χ4n) is 4.82. The van der Waals surface area contributed by atoms with Crippen LogP contribution in [0.2, 0.25) is 0 Å². The van der Waals surface area contributed by atoms with Gasteiger partial charge in [-0.3, -0.25) is 9.59 Å². The summed E-state index contributed by atoms with van der Waals surface area (Å²) in [6.45, 7) is 3.92. The van der Waals surface area contributed by atoms with Crippen molar-refractivity contribution in [2.45, 2.75) is 33.1 Å². The molecule has 0 saturated carbocycles. The molecule has 5 rings (SSSR count). The van der Waals surface area contributed by atoms with Gasteiger partial charge in [-0.25, -0.2) is 4.79 Å². The van der Waals surface area contributed by atoms with Crippen LogP contribution in [-0.4, -0.2) is 32.2 Å². The van der Waals surface area contributed by atoms with E-state index in [0.29, 0.717) is 50.1 Å². The smallest absolute Gasteiger partial charge is 0.341 e. The molecule has 0 bridgehead atoms. The van der Waals surface area contributed by atoms with Crippen LogP contribution in [0.1, 0.15) is 41.1 Å². The van der Waals surface area contributed by atoms with Gasteiger partial charge in [-0.1, -0.05) is 25.1 Å². The molecule has 1 aliphatic rings. The van der Waals surface area contributed by atoms with Gasteiger partial charge in [0.25, 0.3) is 5.91 Å². The first-order chi connectivity index (χ1) is 18.9. The lowest BCUT2D eigenvalue weighted by molar-refractivity contribution is -0.118. The number of anilines is 1. The number of benzene rings is 2. The predicted molar refractivity (Wildman–Crippen MR) is 150 cm³/mol. The standard InChI is InChI=1S/C30H29NO7S/c1-4-36-30(34)27-21-11-9-17(2)13-25(21)39-29(27)31-26(32)16-37-18-10-12-20-24(14-18)38-15-22(28(20)33)19-7-5-6-8-23(19)35-3/h5-8,10,12,14-15,17H,4,9,11,13,16H2,1-3H3,(H,31,32). The summed E-state index contributed by atoms with van der Waals surface area (Å²) in [5.74, 6) is 0.646. The second kappa shape index (κ2) is 11.3. The summed E-state index contributed by atoms with van der Waals surface area (Å²) in [5, 5.41) is 3.72. The number of methoxy groups -OCH3 is 1. The largest absolute Gasteiger partial charge is 0.496 e. The van der Waals surface area contributed by atoms with E-state index in [0.717, 1.165) is 29.7 Å². The molecule has 1 unspecified atom stereocenters. The third-order valence-corrected chi connectivity index (χ3v) is 7.93. The Balaban J connectivity index is 1.32. The van der Waals surface area contributed by atoms with Gasteiger partial charge in [0.2, 0.25) is 5.43 Å². The minimum atomic E-state index is -0.419. The van der Waals surface area contributed by atoms with Gasteiger partial charge in [0, 0.05) is 16.5 Å². The van der Waals surface area contributed by atoms with E-state index in [9.17, 15) is 14.4 Å². The monoisotopic (exact) mass is 547 g/mol. The fraction of sp³-hybridized carbons (Fsp3) is 0.300. The molecule has 1 amide bonds. The summed E-state index contributed by atoms with van der Waals surface area (Å²) in [4.78, 5) is 39.8. The quantitative estimate of drug-likeness (QED) is 0.276. The molecule has 0 saturated heterocycles. The molecule has 2 aromatic heterocycles. The molecule has 0 spiro atoms. The minimum absolute atomic E-state index is 0.201. The summed E-state index contributed by atoms with van der Waals surface area (Å²) < 4.78 is 22.1. The highest BCUT2D eigenvalue weighted by atomic mass is 32.1. The lowest BCUT2D eigenvalue weighted by Crippen LogP contribution is -2.21. The van der Waals surface area contributed by atoms with Crippen LogP contribution in [0.4, 0.5) is 5.00 Å². The number of hydrogen-bond acceptors (Lipinski definition) is 8. The number of nitrogens with one attached hydrogen (secondary N) is 1. The van der Waals surface area contributed by atoms with Crippen molar-refractivity contribution in [3.05, 3.63) is 75.0 Å². The van der Waals surface area contributed by atoms with Crippen molar-refractivity contribution in [2.75, 3.05) is 25.6 Å². The van der Waals surface area contributed by atoms with Crippen LogP contribution >= 0.6 is 11.3 Å². The summed E-state index contributed by atoms with van der Waals surface area (Å²) in [6, 6.07) is 12.0. The zero-order valence-electron chi connectivity index (χ0n) is 22.0. The van der Waals surface area contributed by atoms with Gasteiger partial charge in [-0.2, -0.15) is 0 Å². The zero-order chi connectivity index (χ0) is 27.5. The Labute approximate surface area is 229 Å². The number of thiophene rings is 1. The van der Waals surface area contributed by atoms with Crippen molar-refractivity contribution in [1.82, 2.24) is 0 Å². The predicted octanol–water partition coefficient (Wildman–Crippen LogP) is 5.85. The average molecular weight is 548 g/mol. The molecular weight excluding hydrogens is 518 g/mol. The molecule has 8 nitrogen and oxygen atoms in total. The average Bonchev–Trinajstić information content (AvgIpc) is 3.29. The lowest BCUT2D eigenvalue weighted by atomic mass is 9.88. The number of hydrogen-bond donors (Lipinski definition) is 1. The number of fused-ring (bicyclic) bond motifs is 2. The Kier molecular flexibility index (Phi) is 7.70. The molecule has 0 aliphatic heterocycles. The van der Waals surface area contributed by atoms with Gasteiger partial charge in [0.15, 0.2) is 6.61 Å². The van der Waals surface area contributed by atoms with Crippen LogP contribution in [0.15, 0.2) is 57.9 Å². The van der Waals surface area contributed by atoms with Gasteiger partial charge in [-0.15, -0.1) is 11.3 Å². The molecule has 2 heterocycles. The van der Waals surface area contributed by atoms with Crippen LogP contribution in [0.25, 0.3) is 22.1 Å². The van der Waals surface area contributed by atoms with Crippen LogP contribution in [-0.2, 0) is 22.4 Å². The number of esters is 1. The highest BCUT2D eigenvalue weighted by Crippen LogP contribution is 2.40. The number of rotatable bonds is 8. The lowest BCUT2D eigenvalue weighted by Gasteiger charge is -2.18. The van der Waals surface area contributed by atoms with E-state index in [4.69, 9.17) is 18.6 Å². The Morgan fingerprint density at radius 2 is 1.97 bits per heavy atom. The summed E-state index contributed by atoms with van der Waals surface area (Å²) in [7, 11) is 1.55. The van der Waals surface area contributed by atoms with E-state index in [1.165, 1.54) is 17.6 Å². The summed E-state index contributed by atoms with van der Waals surface area (Å²) in [5.41, 5.74) is 2.59. The highest BCUT2D eigenvalue weighted by molar-refractivity contribution is 7.17. The molecule has 202 valence electrons. The maximum absolute atomic E-state index is 13.2. The van der Waals surface area contributed by atoms with Crippen molar-refractivity contribution < 1.29 is 28.2 Å². The fourth-order valence-corrected chi connectivity index (χ4v) is 6.24. The summed E-state index contributed by atoms with van der Waals surface area (Å²) >= 11 is 1.43. The van der Waals surface area contributed by atoms with Gasteiger partial charge in [0.1, 0.15) is 28.3 Å². The Morgan fingerprint density at radius 1 is 1.15 bits per heavy atom. The van der Waals surface area contributed by atoms with Crippen molar-refractivity contribution in [2.24, 2.45) is 5.92 Å². The first kappa shape index (κ1) is 26.5. The van der Waals surface area contributed by atoms with Crippen LogP contribution in [0, 0.1) is 5.92 Å². The number of amides is 1. The molecule has 1 atom stereocenters. The first-order valence-corrected chi connectivity index (χ1v) is 13.6. The Morgan fingerprint density at radius 3 is 2.77 bits per heavy atom. The molecule has 39 heavy (non-hydrogen) atoms. The first-order valence-electron chi connectivity index (χ1n) is 12.8. The number of ether oxygens (including phenoxy) is 3. The normalized spacial score (nSPS) is 14.5. The SMILES string of the molecule is CCOC(=O)c1c(NC(=O)COc2ccc3c(=O)c(-c4ccccc4OC)coc3c2)sc2c1CCC(C)C2. The van der Waals surface area contributed by atoms with Crippen LogP contribution in [0.3, 0.4) is 0 Å². The van der Waals surface area contributed by atoms with Crippen molar-refractivity contribution in [1.29, 1.82) is 0 Å². The van der Waals surface area contributed by atoms with Crippen LogP contribution in [0.5, 0.6) is 11.5 Å². The Bertz CT molecular complexity index is 1600. The Hall–Kier alpha value is -4.11. The molecule has 0 radical (unpaired) electrons. The second-order valence-electron chi connectivity index (χ2n) is 9.45. The van der Waals surface area contributed by atoms with E-state index in [1.54, 1.807) is 44.4 Å². The third kappa shape index (κ3) is 5.40. The van der Waals surface area contributed by atoms with E-state index >= 15 is 0 Å². The molecule has 4 aromatic rings. The number of carbonyl (C=O) groups is 2. The van der Waals surface area contributed by atoms with E-state index in [2.05, 4.69) is 12.2 Å². The van der Waals surface area contributed by atoms with Gasteiger partial charge in [-0.05, 0) is 55.9 Å². The molecule has 1 aliphatic carbocycles. The van der Waals surface area contributed by atoms with Gasteiger partial charge in [0.05, 0.1) is 30.2 Å². The number of carbonyl (C=O) groups excluding carboxylic acids is 2. The topological polar surface area (TPSA) is 104 Å². The maximum Gasteiger partial charge on any atom is 0.341 e. The van der Waals surface area contributed by atoms with Crippen LogP contribution < -0.4 is 20.2 Å². The van der Waals surface area contributed by atoms with Gasteiger partial charge >= 0.3 is 5.97 Å². The minimum Gasteiger partial charge on any atom is -0.496 e. The van der Waals surface area contributed by atoms with Crippen molar-refractivity contribution in [3.8, 4) is 22.6 Å². The summed E-state index contributed by atoms with van der Waals surface area (Å²) in [6.07, 6.45) is 4.05. The molecule has 1 N–H and O–H groups in total. The number of para-hydroxylation sites is 1. The van der Waals surface area contributed by atoms with E-state index < -0.39 is 11.9 Å². The second-order valence-corrected chi connectivity index (χ2v) is 10.6. The van der Waals surface area contributed by atoms with Crippen molar-refractivity contribution >= 4 is 39.2 Å². The highest BCUT2D eigenvalue weighted by Gasteiger charge is 2.29. The molecule has 9 heteroatoms. The third-order valence-electron chi connectivity index (χ3n) is 6.76. The van der Waals surface area contributed by atoms with E-state index in [1.807, 2.05) is 12.1 Å². The van der Waals surface area contributed by atoms with Crippen molar-refractivity contribution in [3.63, 3.8) is 0 Å².